The molecule has 2 rings (SSSR count). The number of thiazole rings is 1. The predicted octanol–water partition coefficient (Wildman–Crippen LogP) is 2.09. The molecule has 0 aliphatic rings. The summed E-state index contributed by atoms with van der Waals surface area (Å²) in [6, 6.07) is 1.80. The van der Waals surface area contributed by atoms with Gasteiger partial charge in [0.15, 0.2) is 0 Å². The van der Waals surface area contributed by atoms with Crippen LogP contribution in [0, 0.1) is 6.92 Å². The highest BCUT2D eigenvalue weighted by molar-refractivity contribution is 7.80. The van der Waals surface area contributed by atoms with E-state index in [1.165, 1.54) is 0 Å². The maximum absolute atomic E-state index is 5.64. The van der Waals surface area contributed by atoms with Crippen LogP contribution < -0.4 is 11.1 Å². The van der Waals surface area contributed by atoms with Crippen LogP contribution in [0.25, 0.3) is 0 Å². The van der Waals surface area contributed by atoms with Gasteiger partial charge in [0.2, 0.25) is 0 Å². The molecule has 0 aliphatic carbocycles. The topological polar surface area (TPSA) is 63.8 Å². The molecular formula is C11H12N4S2. The molecule has 2 heterocycles. The molecule has 0 bridgehead atoms. The second-order valence-electron chi connectivity index (χ2n) is 3.50. The van der Waals surface area contributed by atoms with Crippen LogP contribution in [0.3, 0.4) is 0 Å². The minimum Gasteiger partial charge on any atom is -0.389 e. The minimum absolute atomic E-state index is 0.365. The van der Waals surface area contributed by atoms with E-state index in [9.17, 15) is 0 Å². The van der Waals surface area contributed by atoms with Crippen molar-refractivity contribution in [2.75, 3.05) is 5.32 Å². The molecule has 0 aliphatic heterocycles. The number of thiocarbonyl (C=S) groups is 1. The quantitative estimate of drug-likeness (QED) is 0.828. The highest BCUT2D eigenvalue weighted by Gasteiger charge is 2.05. The molecule has 0 saturated carbocycles. The van der Waals surface area contributed by atoms with Crippen molar-refractivity contribution in [3.8, 4) is 0 Å². The van der Waals surface area contributed by atoms with Gasteiger partial charge < -0.3 is 11.1 Å². The Kier molecular flexibility index (Phi) is 3.65. The lowest BCUT2D eigenvalue weighted by atomic mass is 10.2. The van der Waals surface area contributed by atoms with Crippen LogP contribution in [0.1, 0.15) is 16.3 Å². The molecule has 4 nitrogen and oxygen atoms in total. The van der Waals surface area contributed by atoms with E-state index in [0.717, 1.165) is 22.0 Å². The van der Waals surface area contributed by atoms with Gasteiger partial charge in [0.05, 0.1) is 29.1 Å². The average molecular weight is 264 g/mol. The van der Waals surface area contributed by atoms with Crippen LogP contribution in [-0.4, -0.2) is 15.0 Å². The van der Waals surface area contributed by atoms with Crippen LogP contribution in [0.4, 0.5) is 5.69 Å². The zero-order valence-electron chi connectivity index (χ0n) is 9.30. The van der Waals surface area contributed by atoms with Gasteiger partial charge in [-0.15, -0.1) is 11.3 Å². The highest BCUT2D eigenvalue weighted by Crippen LogP contribution is 2.15. The third-order valence-corrected chi connectivity index (χ3v) is 3.26. The first-order valence-electron chi connectivity index (χ1n) is 5.05. The first-order chi connectivity index (χ1) is 8.16. The van der Waals surface area contributed by atoms with Crippen LogP contribution in [0.15, 0.2) is 23.8 Å². The van der Waals surface area contributed by atoms with Gasteiger partial charge in [-0.1, -0.05) is 12.2 Å². The predicted molar refractivity (Wildman–Crippen MR) is 74.3 cm³/mol. The first kappa shape index (κ1) is 11.9. The Hall–Kier alpha value is -1.53. The van der Waals surface area contributed by atoms with Crippen molar-refractivity contribution in [3.05, 3.63) is 40.1 Å². The zero-order valence-corrected chi connectivity index (χ0v) is 10.9. The maximum Gasteiger partial charge on any atom is 0.106 e. The Morgan fingerprint density at radius 1 is 1.59 bits per heavy atom. The standard InChI is InChI=1S/C11H12N4S2/c1-7-15-8(6-17-7)4-14-10-5-13-3-2-9(10)11(12)16/h2-3,5-6,14H,4H2,1H3,(H2,12,16). The van der Waals surface area contributed by atoms with Gasteiger partial charge in [-0.05, 0) is 13.0 Å². The van der Waals surface area contributed by atoms with E-state index in [1.807, 2.05) is 12.3 Å². The smallest absolute Gasteiger partial charge is 0.106 e. The van der Waals surface area contributed by atoms with Crippen LogP contribution in [-0.2, 0) is 6.54 Å². The van der Waals surface area contributed by atoms with Gasteiger partial charge in [0.25, 0.3) is 0 Å². The van der Waals surface area contributed by atoms with Gasteiger partial charge in [-0.2, -0.15) is 0 Å². The largest absolute Gasteiger partial charge is 0.389 e. The summed E-state index contributed by atoms with van der Waals surface area (Å²) in [7, 11) is 0. The van der Waals surface area contributed by atoms with Gasteiger partial charge in [0.1, 0.15) is 4.99 Å². The second-order valence-corrected chi connectivity index (χ2v) is 5.00. The summed E-state index contributed by atoms with van der Waals surface area (Å²) >= 11 is 6.61. The third-order valence-electron chi connectivity index (χ3n) is 2.21. The number of anilines is 1. The maximum atomic E-state index is 5.64. The number of hydrogen-bond acceptors (Lipinski definition) is 5. The molecule has 2 aromatic rings. The molecule has 17 heavy (non-hydrogen) atoms. The zero-order chi connectivity index (χ0) is 12.3. The van der Waals surface area contributed by atoms with Gasteiger partial charge in [-0.3, -0.25) is 4.98 Å². The van der Waals surface area contributed by atoms with Crippen molar-refractivity contribution in [2.45, 2.75) is 13.5 Å². The summed E-state index contributed by atoms with van der Waals surface area (Å²) in [4.78, 5) is 8.79. The molecule has 0 spiro atoms. The fourth-order valence-corrected chi connectivity index (χ4v) is 2.22. The van der Waals surface area contributed by atoms with Crippen molar-refractivity contribution < 1.29 is 0 Å². The average Bonchev–Trinajstić information content (AvgIpc) is 2.73. The SMILES string of the molecule is Cc1nc(CNc2cnccc2C(N)=S)cs1. The molecule has 0 radical (unpaired) electrons. The number of aromatic nitrogens is 2. The number of pyridine rings is 1. The van der Waals surface area contributed by atoms with E-state index in [0.29, 0.717) is 11.5 Å². The summed E-state index contributed by atoms with van der Waals surface area (Å²) in [5.41, 5.74) is 8.29. The molecule has 0 amide bonds. The molecule has 0 saturated heterocycles. The van der Waals surface area contributed by atoms with Gasteiger partial charge in [0, 0.05) is 17.1 Å². The fourth-order valence-electron chi connectivity index (χ4n) is 1.43. The van der Waals surface area contributed by atoms with Crippen LogP contribution in [0.5, 0.6) is 0 Å². The van der Waals surface area contributed by atoms with Crippen molar-refractivity contribution >= 4 is 34.2 Å². The lowest BCUT2D eigenvalue weighted by Gasteiger charge is -2.08. The Morgan fingerprint density at radius 3 is 3.06 bits per heavy atom. The molecule has 0 unspecified atom stereocenters. The molecule has 88 valence electrons. The van der Waals surface area contributed by atoms with E-state index < -0.39 is 0 Å². The Morgan fingerprint density at radius 2 is 2.41 bits per heavy atom. The van der Waals surface area contributed by atoms with Crippen molar-refractivity contribution in [3.63, 3.8) is 0 Å². The molecule has 0 atom stereocenters. The molecule has 6 heteroatoms. The van der Waals surface area contributed by atoms with E-state index in [1.54, 1.807) is 29.8 Å². The number of aryl methyl sites for hydroxylation is 1. The Labute approximate surface area is 109 Å². The Balaban J connectivity index is 2.11. The number of nitrogens with two attached hydrogens (primary N) is 1. The first-order valence-corrected chi connectivity index (χ1v) is 6.34. The summed E-state index contributed by atoms with van der Waals surface area (Å²) in [5.74, 6) is 0. The van der Waals surface area contributed by atoms with Crippen LogP contribution in [0.2, 0.25) is 0 Å². The molecule has 2 aromatic heterocycles. The van der Waals surface area contributed by atoms with Crippen LogP contribution >= 0.6 is 23.6 Å². The Bertz CT molecular complexity index is 536. The molecule has 3 N–H and O–H groups in total. The van der Waals surface area contributed by atoms with E-state index in [-0.39, 0.29) is 0 Å². The molecular weight excluding hydrogens is 252 g/mol. The number of nitrogens with one attached hydrogen (secondary N) is 1. The van der Waals surface area contributed by atoms with E-state index in [2.05, 4.69) is 15.3 Å². The van der Waals surface area contributed by atoms with Crippen molar-refractivity contribution in [1.29, 1.82) is 0 Å². The van der Waals surface area contributed by atoms with Gasteiger partial charge in [-0.25, -0.2) is 4.98 Å². The fraction of sp³-hybridized carbons (Fsp3) is 0.182. The van der Waals surface area contributed by atoms with Gasteiger partial charge >= 0.3 is 0 Å². The highest BCUT2D eigenvalue weighted by atomic mass is 32.1. The second kappa shape index (κ2) is 5.20. The lowest BCUT2D eigenvalue weighted by Crippen LogP contribution is -2.13. The van der Waals surface area contributed by atoms with E-state index >= 15 is 0 Å². The monoisotopic (exact) mass is 264 g/mol. The summed E-state index contributed by atoms with van der Waals surface area (Å²) < 4.78 is 0. The summed E-state index contributed by atoms with van der Waals surface area (Å²) in [6.07, 6.45) is 3.39. The van der Waals surface area contributed by atoms with E-state index in [4.69, 9.17) is 18.0 Å². The summed E-state index contributed by atoms with van der Waals surface area (Å²) in [6.45, 7) is 2.63. The van der Waals surface area contributed by atoms with Crippen molar-refractivity contribution in [2.24, 2.45) is 5.73 Å². The minimum atomic E-state index is 0.365. The van der Waals surface area contributed by atoms with Crippen molar-refractivity contribution in [1.82, 2.24) is 9.97 Å². The molecule has 0 fully saturated rings. The third kappa shape index (κ3) is 2.98. The number of rotatable bonds is 4. The summed E-state index contributed by atoms with van der Waals surface area (Å²) in [5, 5.41) is 6.32. The number of hydrogen-bond donors (Lipinski definition) is 2. The lowest BCUT2D eigenvalue weighted by molar-refractivity contribution is 1.05. The number of nitrogens with zero attached hydrogens (tertiary/aromatic N) is 2. The molecule has 0 aromatic carbocycles. The normalized spacial score (nSPS) is 10.2.